The van der Waals surface area contributed by atoms with Crippen LogP contribution in [-0.2, 0) is 30.3 Å². The second kappa shape index (κ2) is 23.8. The van der Waals surface area contributed by atoms with E-state index in [9.17, 15) is 14.0 Å². The van der Waals surface area contributed by atoms with Gasteiger partial charge in [0, 0.05) is 55.5 Å². The maximum absolute atomic E-state index is 14.9. The summed E-state index contributed by atoms with van der Waals surface area (Å²) in [7, 11) is 3.36. The lowest BCUT2D eigenvalue weighted by Crippen LogP contribution is -2.60. The second-order valence-electron chi connectivity index (χ2n) is 16.2. The highest BCUT2D eigenvalue weighted by atomic mass is 35.5. The standard InChI is InChI=1S/C45H62ClFN8O7S2/c1-30-38(63-29-51-30)32-10-8-31(9-11-32)26-49-27-33-7-6-16-55(33)41(56)39(53-42(57)45(47)14-15-45)44(2,3)64-24-23-61-20-19-59-17-18-60-21-22-62-34-12-13-36(37(25-34)58-5)52-43-50-28-35(46)40(48-4)54-43/h8-13,25,28-29,33,39,43,48-49,52,54H,6-7,14-24,26-27H2,1-5H3,(H,53,57)/t33-,39?,43?/m0/s1. The first-order chi connectivity index (χ1) is 30.9. The highest BCUT2D eigenvalue weighted by Crippen LogP contribution is 2.41. The Morgan fingerprint density at radius 1 is 1.06 bits per heavy atom. The van der Waals surface area contributed by atoms with Gasteiger partial charge in [-0.25, -0.2) is 14.4 Å². The van der Waals surface area contributed by atoms with Gasteiger partial charge in [-0.1, -0.05) is 35.9 Å². The third-order valence-electron chi connectivity index (χ3n) is 11.2. The summed E-state index contributed by atoms with van der Waals surface area (Å²) in [5.74, 6) is 1.60. The van der Waals surface area contributed by atoms with Gasteiger partial charge in [0.05, 0.1) is 73.6 Å². The number of aromatic nitrogens is 1. The van der Waals surface area contributed by atoms with Crippen molar-refractivity contribution in [2.75, 3.05) is 84.6 Å². The van der Waals surface area contributed by atoms with Crippen molar-refractivity contribution >= 4 is 58.4 Å². The first kappa shape index (κ1) is 49.3. The minimum atomic E-state index is -1.89. The maximum atomic E-state index is 14.9. The molecule has 1 aliphatic carbocycles. The molecular formula is C45H62ClFN8O7S2. The molecule has 6 rings (SSSR count). The Kier molecular flexibility index (Phi) is 18.4. The molecule has 1 aromatic heterocycles. The van der Waals surface area contributed by atoms with Crippen molar-refractivity contribution in [2.45, 2.75) is 81.8 Å². The average molecular weight is 946 g/mol. The smallest absolute Gasteiger partial charge is 0.258 e. The van der Waals surface area contributed by atoms with Crippen LogP contribution < -0.4 is 36.1 Å². The molecule has 0 spiro atoms. The van der Waals surface area contributed by atoms with Crippen molar-refractivity contribution in [3.8, 4) is 21.9 Å². The van der Waals surface area contributed by atoms with Crippen LogP contribution in [0.4, 0.5) is 10.1 Å². The van der Waals surface area contributed by atoms with E-state index in [2.05, 4.69) is 60.8 Å². The Bertz CT molecular complexity index is 2050. The number of benzene rings is 2. The number of amides is 2. The van der Waals surface area contributed by atoms with Crippen LogP contribution >= 0.6 is 34.7 Å². The molecule has 350 valence electrons. The van der Waals surface area contributed by atoms with Gasteiger partial charge in [0.2, 0.25) is 5.91 Å². The zero-order valence-corrected chi connectivity index (χ0v) is 39.7. The molecule has 3 aliphatic rings. The van der Waals surface area contributed by atoms with E-state index in [1.807, 2.05) is 43.3 Å². The predicted octanol–water partition coefficient (Wildman–Crippen LogP) is 5.83. The van der Waals surface area contributed by atoms with Crippen molar-refractivity contribution in [1.29, 1.82) is 0 Å². The van der Waals surface area contributed by atoms with Gasteiger partial charge in [-0.3, -0.25) is 9.59 Å². The van der Waals surface area contributed by atoms with Crippen molar-refractivity contribution in [2.24, 2.45) is 4.99 Å². The van der Waals surface area contributed by atoms with E-state index in [1.165, 1.54) is 16.6 Å². The van der Waals surface area contributed by atoms with Crippen molar-refractivity contribution < 1.29 is 37.7 Å². The molecule has 2 amide bonds. The summed E-state index contributed by atoms with van der Waals surface area (Å²) in [5, 5.41) is 16.3. The van der Waals surface area contributed by atoms with E-state index in [0.29, 0.717) is 94.0 Å². The molecule has 1 saturated carbocycles. The van der Waals surface area contributed by atoms with E-state index in [4.69, 9.17) is 35.3 Å². The van der Waals surface area contributed by atoms with Crippen LogP contribution in [0.1, 0.15) is 50.8 Å². The number of thioether (sulfide) groups is 1. The predicted molar refractivity (Wildman–Crippen MR) is 252 cm³/mol. The van der Waals surface area contributed by atoms with Crippen LogP contribution in [0, 0.1) is 6.92 Å². The minimum Gasteiger partial charge on any atom is -0.494 e. The highest BCUT2D eigenvalue weighted by molar-refractivity contribution is 8.00. The van der Waals surface area contributed by atoms with Gasteiger partial charge in [0.1, 0.15) is 30.0 Å². The quantitative estimate of drug-likeness (QED) is 0.0580. The largest absolute Gasteiger partial charge is 0.494 e. The molecule has 3 heterocycles. The summed E-state index contributed by atoms with van der Waals surface area (Å²) >= 11 is 9.29. The molecule has 2 aromatic carbocycles. The molecular weight excluding hydrogens is 883 g/mol. The lowest BCUT2D eigenvalue weighted by atomic mass is 10.0. The molecule has 3 atom stereocenters. The number of aryl methyl sites for hydroxylation is 1. The number of methoxy groups -OCH3 is 1. The van der Waals surface area contributed by atoms with E-state index < -0.39 is 28.7 Å². The van der Waals surface area contributed by atoms with E-state index >= 15 is 0 Å². The maximum Gasteiger partial charge on any atom is 0.258 e. The number of halogens is 2. The number of ether oxygens (including phenoxy) is 5. The Labute approximate surface area is 389 Å². The number of anilines is 1. The third-order valence-corrected chi connectivity index (χ3v) is 13.8. The average Bonchev–Trinajstić information content (AvgIpc) is 3.63. The molecule has 2 fully saturated rings. The molecule has 0 radical (unpaired) electrons. The zero-order valence-electron chi connectivity index (χ0n) is 37.3. The molecule has 19 heteroatoms. The molecule has 3 aromatic rings. The van der Waals surface area contributed by atoms with Gasteiger partial charge < -0.3 is 55.2 Å². The van der Waals surface area contributed by atoms with Crippen LogP contribution in [0.2, 0.25) is 0 Å². The number of hydrogen-bond acceptors (Lipinski definition) is 15. The number of hydrogen-bond donors (Lipinski definition) is 5. The van der Waals surface area contributed by atoms with Crippen LogP contribution in [0.5, 0.6) is 11.5 Å². The van der Waals surface area contributed by atoms with Crippen molar-refractivity contribution in [3.05, 3.63) is 70.1 Å². The van der Waals surface area contributed by atoms with Crippen LogP contribution in [0.15, 0.2) is 63.8 Å². The van der Waals surface area contributed by atoms with Gasteiger partial charge in [-0.2, -0.15) is 11.8 Å². The van der Waals surface area contributed by atoms with E-state index in [-0.39, 0.29) is 24.8 Å². The monoisotopic (exact) mass is 944 g/mol. The lowest BCUT2D eigenvalue weighted by Gasteiger charge is -2.38. The fourth-order valence-corrected chi connectivity index (χ4v) is 9.39. The van der Waals surface area contributed by atoms with Gasteiger partial charge in [0.15, 0.2) is 12.0 Å². The topological polar surface area (TPSA) is 169 Å². The SMILES string of the molecule is CNC1=C(Cl)C=NC(Nc2ccc(OCCOCCOCCOCCSC(C)(C)C(NC(=O)C3(F)CC3)C(=O)N3CCC[C@H]3CNCc3ccc(-c4scnc4C)cc3)cc2OC)N1. The normalized spacial score (nSPS) is 18.4. The minimum absolute atomic E-state index is 0.0297. The highest BCUT2D eigenvalue weighted by Gasteiger charge is 2.53. The van der Waals surface area contributed by atoms with Crippen LogP contribution in [0.25, 0.3) is 10.4 Å². The first-order valence-electron chi connectivity index (χ1n) is 21.7. The summed E-state index contributed by atoms with van der Waals surface area (Å²) in [4.78, 5) is 39.0. The number of thiazole rings is 1. The van der Waals surface area contributed by atoms with E-state index in [0.717, 1.165) is 35.3 Å². The number of rotatable bonds is 27. The number of aliphatic imine (C=N–C) groups is 1. The Morgan fingerprint density at radius 3 is 2.45 bits per heavy atom. The molecule has 2 unspecified atom stereocenters. The number of nitrogens with one attached hydrogen (secondary N) is 5. The summed E-state index contributed by atoms with van der Waals surface area (Å²) in [6, 6.07) is 13.0. The fraction of sp³-hybridized carbons (Fsp3) is 0.556. The Hall–Kier alpha value is -4.17. The summed E-state index contributed by atoms with van der Waals surface area (Å²) < 4.78 is 42.8. The molecule has 0 bridgehead atoms. The third kappa shape index (κ3) is 13.9. The zero-order chi connectivity index (χ0) is 45.5. The van der Waals surface area contributed by atoms with Crippen LogP contribution in [-0.4, -0.2) is 136 Å². The number of nitrogens with zero attached hydrogens (tertiary/aromatic N) is 3. The first-order valence-corrected chi connectivity index (χ1v) is 24.0. The second-order valence-corrected chi connectivity index (χ2v) is 19.2. The van der Waals surface area contributed by atoms with Crippen LogP contribution in [0.3, 0.4) is 0 Å². The lowest BCUT2D eigenvalue weighted by molar-refractivity contribution is -0.139. The van der Waals surface area contributed by atoms with Gasteiger partial charge in [-0.15, -0.1) is 11.3 Å². The molecule has 2 aliphatic heterocycles. The number of carbonyl (C=O) groups is 2. The molecule has 64 heavy (non-hydrogen) atoms. The Morgan fingerprint density at radius 2 is 1.78 bits per heavy atom. The number of carbonyl (C=O) groups excluding carboxylic acids is 2. The Balaban J connectivity index is 0.850. The van der Waals surface area contributed by atoms with Gasteiger partial charge >= 0.3 is 0 Å². The van der Waals surface area contributed by atoms with Gasteiger partial charge in [0.25, 0.3) is 5.91 Å². The number of alkyl halides is 1. The fourth-order valence-electron chi connectivity index (χ4n) is 7.32. The van der Waals surface area contributed by atoms with Crippen molar-refractivity contribution in [3.63, 3.8) is 0 Å². The molecule has 1 saturated heterocycles. The summed E-state index contributed by atoms with van der Waals surface area (Å²) in [6.45, 7) is 10.5. The summed E-state index contributed by atoms with van der Waals surface area (Å²) in [5.41, 5.74) is 4.03. The number of likely N-dealkylation sites (tertiary alicyclic amines) is 1. The molecule has 5 N–H and O–H groups in total. The number of allylic oxidation sites excluding steroid dienone is 1. The van der Waals surface area contributed by atoms with E-state index in [1.54, 1.807) is 37.8 Å². The molecule has 15 nitrogen and oxygen atoms in total. The van der Waals surface area contributed by atoms with Gasteiger partial charge in [-0.05, 0) is 69.7 Å². The van der Waals surface area contributed by atoms with Crippen molar-refractivity contribution in [1.82, 2.24) is 31.2 Å². The summed E-state index contributed by atoms with van der Waals surface area (Å²) in [6.07, 6.45) is 3.24.